The van der Waals surface area contributed by atoms with E-state index in [4.69, 9.17) is 9.47 Å². The van der Waals surface area contributed by atoms with Crippen molar-refractivity contribution in [2.75, 3.05) is 31.6 Å². The van der Waals surface area contributed by atoms with Crippen LogP contribution < -0.4 is 10.1 Å². The van der Waals surface area contributed by atoms with Gasteiger partial charge in [-0.25, -0.2) is 4.79 Å². The van der Waals surface area contributed by atoms with Crippen molar-refractivity contribution in [2.45, 2.75) is 38.7 Å². The number of fused-ring (bicyclic) bond motifs is 3. The highest BCUT2D eigenvalue weighted by Crippen LogP contribution is 2.29. The quantitative estimate of drug-likeness (QED) is 0.816. The monoisotopic (exact) mass is 318 g/mol. The third-order valence-electron chi connectivity index (χ3n) is 4.70. The number of amides is 1. The Kier molecular flexibility index (Phi) is 5.39. The zero-order chi connectivity index (χ0) is 16.1. The number of piperidine rings is 3. The van der Waals surface area contributed by atoms with Gasteiger partial charge in [0.1, 0.15) is 11.9 Å². The average molecular weight is 318 g/mol. The number of hydrogen-bond donors (Lipinski definition) is 1. The van der Waals surface area contributed by atoms with E-state index < -0.39 is 0 Å². The fourth-order valence-electron chi connectivity index (χ4n) is 3.33. The second-order valence-electron chi connectivity index (χ2n) is 6.44. The molecule has 4 rings (SSSR count). The van der Waals surface area contributed by atoms with Gasteiger partial charge in [-0.2, -0.15) is 0 Å². The predicted octanol–water partition coefficient (Wildman–Crippen LogP) is 3.51. The maximum absolute atomic E-state index is 12.1. The molecule has 3 aliphatic heterocycles. The Labute approximate surface area is 137 Å². The molecule has 126 valence electrons. The number of unbranched alkanes of at least 4 members (excludes halogenated alkanes) is 1. The first-order valence-electron chi connectivity index (χ1n) is 8.67. The number of nitrogens with one attached hydrogen (secondary N) is 1. The summed E-state index contributed by atoms with van der Waals surface area (Å²) in [6, 6.07) is 7.47. The molecule has 23 heavy (non-hydrogen) atoms. The minimum Gasteiger partial charge on any atom is -0.494 e. The minimum absolute atomic E-state index is 0.0292. The first kappa shape index (κ1) is 16.1. The number of hydrogen-bond acceptors (Lipinski definition) is 4. The summed E-state index contributed by atoms with van der Waals surface area (Å²) in [6.07, 6.45) is 4.07. The van der Waals surface area contributed by atoms with E-state index in [2.05, 4.69) is 17.1 Å². The van der Waals surface area contributed by atoms with Crippen LogP contribution in [0.3, 0.4) is 0 Å². The maximum Gasteiger partial charge on any atom is 0.411 e. The second-order valence-corrected chi connectivity index (χ2v) is 6.44. The van der Waals surface area contributed by atoms with Crippen LogP contribution in [0.1, 0.15) is 32.6 Å². The van der Waals surface area contributed by atoms with Crippen molar-refractivity contribution in [1.29, 1.82) is 0 Å². The van der Waals surface area contributed by atoms with Gasteiger partial charge in [0, 0.05) is 18.3 Å². The number of benzene rings is 1. The maximum atomic E-state index is 12.1. The molecule has 0 aliphatic carbocycles. The van der Waals surface area contributed by atoms with Crippen LogP contribution in [0.5, 0.6) is 5.75 Å². The van der Waals surface area contributed by atoms with E-state index in [1.807, 2.05) is 24.3 Å². The van der Waals surface area contributed by atoms with Crippen LogP contribution in [0.15, 0.2) is 24.3 Å². The highest BCUT2D eigenvalue weighted by atomic mass is 16.6. The second kappa shape index (κ2) is 7.68. The SMILES string of the molecule is CCCCOc1cccc(NC(=O)OC2CN3CCC2CC3)c1. The summed E-state index contributed by atoms with van der Waals surface area (Å²) in [5, 5.41) is 2.82. The lowest BCUT2D eigenvalue weighted by atomic mass is 9.86. The Bertz CT molecular complexity index is 527. The standard InChI is InChI=1S/C18H26N2O3/c1-2-3-11-22-16-6-4-5-15(12-16)19-18(21)23-17-13-20-9-7-14(17)8-10-20/h4-6,12,14,17H,2-3,7-11,13H2,1H3,(H,19,21). The largest absolute Gasteiger partial charge is 0.494 e. The van der Waals surface area contributed by atoms with Gasteiger partial charge in [0.15, 0.2) is 0 Å². The molecule has 1 unspecified atom stereocenters. The summed E-state index contributed by atoms with van der Waals surface area (Å²) < 4.78 is 11.3. The summed E-state index contributed by atoms with van der Waals surface area (Å²) in [6.45, 7) is 5.99. The fraction of sp³-hybridized carbons (Fsp3) is 0.611. The number of anilines is 1. The van der Waals surface area contributed by atoms with Crippen LogP contribution >= 0.6 is 0 Å². The van der Waals surface area contributed by atoms with Gasteiger partial charge in [-0.05, 0) is 50.4 Å². The van der Waals surface area contributed by atoms with Crippen molar-refractivity contribution in [3.8, 4) is 5.75 Å². The zero-order valence-corrected chi connectivity index (χ0v) is 13.8. The molecule has 0 radical (unpaired) electrons. The van der Waals surface area contributed by atoms with E-state index in [9.17, 15) is 4.79 Å². The predicted molar refractivity (Wildman–Crippen MR) is 89.9 cm³/mol. The molecule has 5 nitrogen and oxygen atoms in total. The topological polar surface area (TPSA) is 50.8 Å². The van der Waals surface area contributed by atoms with E-state index >= 15 is 0 Å². The Balaban J connectivity index is 1.50. The number of ether oxygens (including phenoxy) is 2. The van der Waals surface area contributed by atoms with Crippen molar-refractivity contribution in [1.82, 2.24) is 4.90 Å². The van der Waals surface area contributed by atoms with Gasteiger partial charge in [-0.1, -0.05) is 19.4 Å². The highest BCUT2D eigenvalue weighted by molar-refractivity contribution is 5.85. The van der Waals surface area contributed by atoms with E-state index in [1.165, 1.54) is 0 Å². The first-order valence-corrected chi connectivity index (χ1v) is 8.67. The highest BCUT2D eigenvalue weighted by Gasteiger charge is 2.36. The summed E-state index contributed by atoms with van der Waals surface area (Å²) in [5.41, 5.74) is 0.713. The molecule has 3 aliphatic rings. The molecule has 3 heterocycles. The lowest BCUT2D eigenvalue weighted by Gasteiger charge is -2.43. The molecular formula is C18H26N2O3. The van der Waals surface area contributed by atoms with Crippen LogP contribution in [0.2, 0.25) is 0 Å². The molecule has 3 saturated heterocycles. The van der Waals surface area contributed by atoms with E-state index in [0.717, 1.165) is 51.1 Å². The number of carbonyl (C=O) groups excluding carboxylic acids is 1. The zero-order valence-electron chi connectivity index (χ0n) is 13.8. The van der Waals surface area contributed by atoms with Gasteiger partial charge in [0.2, 0.25) is 0 Å². The van der Waals surface area contributed by atoms with Crippen LogP contribution in [0.4, 0.5) is 10.5 Å². The molecular weight excluding hydrogens is 292 g/mol. The molecule has 0 aromatic heterocycles. The molecule has 1 aromatic rings. The number of rotatable bonds is 6. The molecule has 0 saturated carbocycles. The van der Waals surface area contributed by atoms with Gasteiger partial charge in [-0.15, -0.1) is 0 Å². The Morgan fingerprint density at radius 2 is 2.17 bits per heavy atom. The molecule has 1 atom stereocenters. The summed E-state index contributed by atoms with van der Waals surface area (Å²) >= 11 is 0. The average Bonchev–Trinajstić information content (AvgIpc) is 2.56. The van der Waals surface area contributed by atoms with Gasteiger partial charge in [0.25, 0.3) is 0 Å². The molecule has 3 fully saturated rings. The van der Waals surface area contributed by atoms with Gasteiger partial charge >= 0.3 is 6.09 Å². The minimum atomic E-state index is -0.366. The van der Waals surface area contributed by atoms with E-state index in [-0.39, 0.29) is 12.2 Å². The lowest BCUT2D eigenvalue weighted by molar-refractivity contribution is -0.0289. The first-order chi connectivity index (χ1) is 11.2. The van der Waals surface area contributed by atoms with Crippen molar-refractivity contribution in [3.05, 3.63) is 24.3 Å². The molecule has 1 amide bonds. The summed E-state index contributed by atoms with van der Waals surface area (Å²) in [5.74, 6) is 1.30. The lowest BCUT2D eigenvalue weighted by Crippen LogP contribution is -2.52. The van der Waals surface area contributed by atoms with E-state index in [0.29, 0.717) is 18.2 Å². The third-order valence-corrected chi connectivity index (χ3v) is 4.70. The summed E-state index contributed by atoms with van der Waals surface area (Å²) in [7, 11) is 0. The Morgan fingerprint density at radius 3 is 2.87 bits per heavy atom. The molecule has 2 bridgehead atoms. The van der Waals surface area contributed by atoms with Crippen molar-refractivity contribution in [3.63, 3.8) is 0 Å². The van der Waals surface area contributed by atoms with Crippen molar-refractivity contribution in [2.24, 2.45) is 5.92 Å². The molecule has 5 heteroatoms. The number of nitrogens with zero attached hydrogens (tertiary/aromatic N) is 1. The van der Waals surface area contributed by atoms with Crippen LogP contribution in [-0.2, 0) is 4.74 Å². The van der Waals surface area contributed by atoms with Gasteiger partial charge in [0.05, 0.1) is 6.61 Å². The molecule has 0 spiro atoms. The normalized spacial score (nSPS) is 25.9. The van der Waals surface area contributed by atoms with Crippen molar-refractivity contribution >= 4 is 11.8 Å². The Morgan fingerprint density at radius 1 is 1.35 bits per heavy atom. The molecule has 1 aromatic carbocycles. The van der Waals surface area contributed by atoms with Crippen LogP contribution in [0, 0.1) is 5.92 Å². The summed E-state index contributed by atoms with van der Waals surface area (Å²) in [4.78, 5) is 14.5. The smallest absolute Gasteiger partial charge is 0.411 e. The van der Waals surface area contributed by atoms with Crippen molar-refractivity contribution < 1.29 is 14.3 Å². The fourth-order valence-corrected chi connectivity index (χ4v) is 3.33. The number of carbonyl (C=O) groups is 1. The van der Waals surface area contributed by atoms with E-state index in [1.54, 1.807) is 0 Å². The van der Waals surface area contributed by atoms with Crippen LogP contribution in [-0.4, -0.2) is 43.3 Å². The van der Waals surface area contributed by atoms with Gasteiger partial charge in [-0.3, -0.25) is 10.2 Å². The van der Waals surface area contributed by atoms with Gasteiger partial charge < -0.3 is 9.47 Å². The molecule has 1 N–H and O–H groups in total. The Hall–Kier alpha value is -1.75. The van der Waals surface area contributed by atoms with Crippen LogP contribution in [0.25, 0.3) is 0 Å². The third kappa shape index (κ3) is 4.38.